The van der Waals surface area contributed by atoms with Gasteiger partial charge in [0.25, 0.3) is 5.91 Å². The molecule has 1 heterocycles. The molecule has 21 heavy (non-hydrogen) atoms. The maximum absolute atomic E-state index is 12.7. The van der Waals surface area contributed by atoms with Crippen molar-refractivity contribution in [2.45, 2.75) is 31.7 Å². The zero-order valence-corrected chi connectivity index (χ0v) is 12.7. The van der Waals surface area contributed by atoms with E-state index in [0.717, 1.165) is 19.3 Å². The van der Waals surface area contributed by atoms with Gasteiger partial charge in [0.15, 0.2) is 0 Å². The van der Waals surface area contributed by atoms with Crippen molar-refractivity contribution in [1.82, 2.24) is 4.90 Å². The fourth-order valence-electron chi connectivity index (χ4n) is 2.62. The lowest BCUT2D eigenvalue weighted by Crippen LogP contribution is -2.45. The van der Waals surface area contributed by atoms with Crippen LogP contribution in [0.2, 0.25) is 5.02 Å². The number of carbonyl (C=O) groups excluding carboxylic acids is 2. The van der Waals surface area contributed by atoms with Crippen molar-refractivity contribution in [1.29, 1.82) is 0 Å². The first-order valence-corrected chi connectivity index (χ1v) is 7.33. The smallest absolute Gasteiger partial charge is 0.307 e. The number of likely N-dealkylation sites (tertiary alicyclic amines) is 1. The number of amides is 1. The quantitative estimate of drug-likeness (QED) is 0.687. The molecule has 2 rings (SSSR count). The highest BCUT2D eigenvalue weighted by Gasteiger charge is 2.30. The monoisotopic (exact) mass is 310 g/mol. The maximum Gasteiger partial charge on any atom is 0.307 e. The Morgan fingerprint density at radius 3 is 2.90 bits per heavy atom. The van der Waals surface area contributed by atoms with Crippen molar-refractivity contribution >= 4 is 29.2 Å². The van der Waals surface area contributed by atoms with Gasteiger partial charge in [0, 0.05) is 18.3 Å². The van der Waals surface area contributed by atoms with Gasteiger partial charge in [-0.25, -0.2) is 0 Å². The van der Waals surface area contributed by atoms with Crippen molar-refractivity contribution < 1.29 is 14.3 Å². The van der Waals surface area contributed by atoms with Gasteiger partial charge in [-0.3, -0.25) is 9.59 Å². The van der Waals surface area contributed by atoms with Crippen molar-refractivity contribution in [3.63, 3.8) is 0 Å². The van der Waals surface area contributed by atoms with Crippen LogP contribution in [0.5, 0.6) is 0 Å². The summed E-state index contributed by atoms with van der Waals surface area (Å²) in [6, 6.07) is 4.70. The number of hydrogen-bond acceptors (Lipinski definition) is 4. The van der Waals surface area contributed by atoms with Crippen molar-refractivity contribution in [2.24, 2.45) is 0 Å². The van der Waals surface area contributed by atoms with E-state index in [9.17, 15) is 9.59 Å². The van der Waals surface area contributed by atoms with Gasteiger partial charge in [-0.1, -0.05) is 11.6 Å². The molecule has 1 saturated heterocycles. The average Bonchev–Trinajstić information content (AvgIpc) is 2.49. The minimum absolute atomic E-state index is 0.142. The Balaban J connectivity index is 2.22. The third-order valence-corrected chi connectivity index (χ3v) is 4.07. The number of halogens is 1. The Labute approximate surface area is 129 Å². The fourth-order valence-corrected chi connectivity index (χ4v) is 2.82. The van der Waals surface area contributed by atoms with E-state index in [-0.39, 0.29) is 24.3 Å². The van der Waals surface area contributed by atoms with E-state index >= 15 is 0 Å². The second-order valence-electron chi connectivity index (χ2n) is 5.17. The molecule has 1 amide bonds. The van der Waals surface area contributed by atoms with E-state index in [2.05, 4.69) is 0 Å². The molecule has 1 atom stereocenters. The van der Waals surface area contributed by atoms with Gasteiger partial charge in [-0.15, -0.1) is 0 Å². The highest BCUT2D eigenvalue weighted by Crippen LogP contribution is 2.26. The number of nitrogens with two attached hydrogens (primary N) is 1. The molecule has 1 aliphatic heterocycles. The third-order valence-electron chi connectivity index (χ3n) is 3.74. The van der Waals surface area contributed by atoms with Gasteiger partial charge in [-0.2, -0.15) is 0 Å². The van der Waals surface area contributed by atoms with Crippen LogP contribution < -0.4 is 5.73 Å². The lowest BCUT2D eigenvalue weighted by atomic mass is 9.98. The van der Waals surface area contributed by atoms with E-state index in [1.54, 1.807) is 23.1 Å². The van der Waals surface area contributed by atoms with Gasteiger partial charge in [-0.05, 0) is 37.5 Å². The minimum atomic E-state index is -0.307. The van der Waals surface area contributed by atoms with Gasteiger partial charge in [0.2, 0.25) is 0 Å². The second-order valence-corrected chi connectivity index (χ2v) is 5.57. The van der Waals surface area contributed by atoms with Crippen LogP contribution in [0.1, 0.15) is 36.0 Å². The molecule has 2 N–H and O–H groups in total. The summed E-state index contributed by atoms with van der Waals surface area (Å²) < 4.78 is 4.71. The van der Waals surface area contributed by atoms with Crippen molar-refractivity contribution in [3.8, 4) is 0 Å². The van der Waals surface area contributed by atoms with Gasteiger partial charge in [0.05, 0.1) is 24.1 Å². The number of rotatable bonds is 3. The standard InChI is InChI=1S/C15H19ClN2O3/c1-21-14(19)9-11-4-2-3-7-18(11)15(20)12-8-10(17)5-6-13(12)16/h5-6,8,11H,2-4,7,9,17H2,1H3. The van der Waals surface area contributed by atoms with Crippen LogP contribution >= 0.6 is 11.6 Å². The molecule has 0 bridgehead atoms. The maximum atomic E-state index is 12.7. The number of hydrogen-bond donors (Lipinski definition) is 1. The first-order valence-electron chi connectivity index (χ1n) is 6.95. The third kappa shape index (κ3) is 3.67. The minimum Gasteiger partial charge on any atom is -0.469 e. The Morgan fingerprint density at radius 1 is 1.43 bits per heavy atom. The summed E-state index contributed by atoms with van der Waals surface area (Å²) in [7, 11) is 1.35. The summed E-state index contributed by atoms with van der Waals surface area (Å²) in [5, 5.41) is 0.372. The fraction of sp³-hybridized carbons (Fsp3) is 0.467. The van der Waals surface area contributed by atoms with Gasteiger partial charge in [0.1, 0.15) is 0 Å². The zero-order valence-electron chi connectivity index (χ0n) is 12.0. The number of carbonyl (C=O) groups is 2. The molecule has 5 nitrogen and oxygen atoms in total. The number of piperidine rings is 1. The van der Waals surface area contributed by atoms with Crippen LogP contribution in [0.3, 0.4) is 0 Å². The lowest BCUT2D eigenvalue weighted by Gasteiger charge is -2.35. The van der Waals surface area contributed by atoms with Crippen molar-refractivity contribution in [3.05, 3.63) is 28.8 Å². The van der Waals surface area contributed by atoms with E-state index in [1.807, 2.05) is 0 Å². The largest absolute Gasteiger partial charge is 0.469 e. The molecule has 1 aromatic rings. The Kier molecular flexibility index (Phi) is 5.07. The number of ether oxygens (including phenoxy) is 1. The first kappa shape index (κ1) is 15.6. The predicted octanol–water partition coefficient (Wildman–Crippen LogP) is 2.48. The van der Waals surface area contributed by atoms with Crippen LogP contribution in [0.25, 0.3) is 0 Å². The molecular formula is C15H19ClN2O3. The highest BCUT2D eigenvalue weighted by atomic mass is 35.5. The van der Waals surface area contributed by atoms with Crippen LogP contribution in [0.4, 0.5) is 5.69 Å². The topological polar surface area (TPSA) is 72.6 Å². The molecule has 1 aliphatic rings. The summed E-state index contributed by atoms with van der Waals surface area (Å²) in [5.41, 5.74) is 6.60. The average molecular weight is 311 g/mol. The lowest BCUT2D eigenvalue weighted by molar-refractivity contribution is -0.142. The van der Waals surface area contributed by atoms with Crippen LogP contribution in [0, 0.1) is 0 Å². The van der Waals surface area contributed by atoms with Crippen LogP contribution in [0.15, 0.2) is 18.2 Å². The normalized spacial score (nSPS) is 18.4. The van der Waals surface area contributed by atoms with Crippen LogP contribution in [-0.4, -0.2) is 36.5 Å². The summed E-state index contributed by atoms with van der Waals surface area (Å²) in [4.78, 5) is 25.9. The molecule has 0 aliphatic carbocycles. The molecule has 0 spiro atoms. The number of benzene rings is 1. The number of anilines is 1. The molecule has 0 saturated carbocycles. The van der Waals surface area contributed by atoms with E-state index < -0.39 is 0 Å². The molecule has 114 valence electrons. The van der Waals surface area contributed by atoms with E-state index in [0.29, 0.717) is 22.8 Å². The van der Waals surface area contributed by atoms with E-state index in [4.69, 9.17) is 22.1 Å². The summed E-state index contributed by atoms with van der Waals surface area (Å²) in [5.74, 6) is -0.487. The van der Waals surface area contributed by atoms with Crippen molar-refractivity contribution in [2.75, 3.05) is 19.4 Å². The molecule has 6 heteroatoms. The number of nitrogens with zero attached hydrogens (tertiary/aromatic N) is 1. The van der Waals surface area contributed by atoms with Gasteiger partial charge < -0.3 is 15.4 Å². The molecule has 0 radical (unpaired) electrons. The summed E-state index contributed by atoms with van der Waals surface area (Å²) >= 11 is 6.10. The van der Waals surface area contributed by atoms with Gasteiger partial charge >= 0.3 is 5.97 Å². The number of methoxy groups -OCH3 is 1. The molecule has 1 unspecified atom stereocenters. The number of esters is 1. The molecule has 1 fully saturated rings. The second kappa shape index (κ2) is 6.80. The highest BCUT2D eigenvalue weighted by molar-refractivity contribution is 6.34. The Bertz CT molecular complexity index is 548. The molecule has 0 aromatic heterocycles. The summed E-state index contributed by atoms with van der Waals surface area (Å²) in [6.45, 7) is 0.617. The molecular weight excluding hydrogens is 292 g/mol. The number of nitrogen functional groups attached to an aromatic ring is 1. The SMILES string of the molecule is COC(=O)CC1CCCCN1C(=O)c1cc(N)ccc1Cl. The summed E-state index contributed by atoms with van der Waals surface area (Å²) in [6.07, 6.45) is 2.92. The van der Waals surface area contributed by atoms with Crippen LogP contribution in [-0.2, 0) is 9.53 Å². The zero-order chi connectivity index (χ0) is 15.4. The predicted molar refractivity (Wildman–Crippen MR) is 81.2 cm³/mol. The molecule has 1 aromatic carbocycles. The Morgan fingerprint density at radius 2 is 2.19 bits per heavy atom. The van der Waals surface area contributed by atoms with E-state index in [1.165, 1.54) is 7.11 Å². The first-order chi connectivity index (χ1) is 10.0. The Hall–Kier alpha value is -1.75.